The summed E-state index contributed by atoms with van der Waals surface area (Å²) in [5.74, 6) is 6.05. The molecule has 0 saturated carbocycles. The van der Waals surface area contributed by atoms with E-state index in [0.29, 0.717) is 19.8 Å². The third-order valence-electron chi connectivity index (χ3n) is 2.47. The Labute approximate surface area is 105 Å². The topological polar surface area (TPSA) is 82.8 Å². The predicted octanol–water partition coefficient (Wildman–Crippen LogP) is 0.354. The molecular weight excluding hydrogens is 236 g/mol. The molecule has 1 amide bonds. The molecule has 1 aromatic carbocycles. The minimum absolute atomic E-state index is 0.0645. The number of amides is 1. The van der Waals surface area contributed by atoms with Crippen molar-refractivity contribution in [3.05, 3.63) is 23.8 Å². The van der Waals surface area contributed by atoms with Gasteiger partial charge in [0.25, 0.3) is 5.91 Å². The molecule has 0 radical (unpaired) electrons. The molecule has 2 rings (SSSR count). The van der Waals surface area contributed by atoms with E-state index in [1.165, 1.54) is 0 Å². The second kappa shape index (κ2) is 6.23. The fraction of sp³-hybridized carbons (Fsp3) is 0.417. The van der Waals surface area contributed by atoms with Crippen LogP contribution in [0.2, 0.25) is 0 Å². The molecule has 1 aromatic rings. The Morgan fingerprint density at radius 2 is 2.11 bits per heavy atom. The van der Waals surface area contributed by atoms with Crippen LogP contribution in [-0.4, -0.2) is 25.7 Å². The summed E-state index contributed by atoms with van der Waals surface area (Å²) in [6.07, 6.45) is 0.872. The predicted molar refractivity (Wildman–Crippen MR) is 64.0 cm³/mol. The maximum atomic E-state index is 10.9. The Hall–Kier alpha value is -1.79. The van der Waals surface area contributed by atoms with Gasteiger partial charge in [-0.3, -0.25) is 10.2 Å². The van der Waals surface area contributed by atoms with Gasteiger partial charge in [0, 0.05) is 6.42 Å². The summed E-state index contributed by atoms with van der Waals surface area (Å²) in [4.78, 5) is 10.9. The second-order valence-corrected chi connectivity index (χ2v) is 3.89. The van der Waals surface area contributed by atoms with Crippen LogP contribution in [0.15, 0.2) is 18.2 Å². The molecule has 0 atom stereocenters. The smallest absolute Gasteiger partial charge is 0.259 e. The number of nitrogens with two attached hydrogens (primary N) is 1. The van der Waals surface area contributed by atoms with Crippen LogP contribution >= 0.6 is 0 Å². The molecule has 0 unspecified atom stereocenters. The molecule has 0 aliphatic carbocycles. The maximum absolute atomic E-state index is 10.9. The van der Waals surface area contributed by atoms with E-state index in [1.807, 2.05) is 23.6 Å². The average Bonchev–Trinajstić information content (AvgIpc) is 2.63. The van der Waals surface area contributed by atoms with Crippen LogP contribution in [0, 0.1) is 0 Å². The van der Waals surface area contributed by atoms with Crippen molar-refractivity contribution in [3.8, 4) is 11.5 Å². The number of benzene rings is 1. The zero-order valence-electron chi connectivity index (χ0n) is 9.98. The molecule has 98 valence electrons. The highest BCUT2D eigenvalue weighted by Crippen LogP contribution is 2.30. The van der Waals surface area contributed by atoms with Gasteiger partial charge in [0.05, 0.1) is 19.8 Å². The van der Waals surface area contributed by atoms with E-state index in [9.17, 15) is 4.79 Å². The van der Waals surface area contributed by atoms with Crippen molar-refractivity contribution in [2.75, 3.05) is 19.8 Å². The van der Waals surface area contributed by atoms with Crippen LogP contribution in [0.1, 0.15) is 12.0 Å². The number of nitrogens with one attached hydrogen (secondary N) is 1. The SMILES string of the molecule is NNC(=O)COCc1ccc2c(c1)OCCCO2. The summed E-state index contributed by atoms with van der Waals surface area (Å²) in [7, 11) is 0. The van der Waals surface area contributed by atoms with E-state index >= 15 is 0 Å². The normalized spacial score (nSPS) is 13.8. The van der Waals surface area contributed by atoms with Crippen molar-refractivity contribution in [2.24, 2.45) is 5.84 Å². The fourth-order valence-electron chi connectivity index (χ4n) is 1.60. The number of ether oxygens (including phenoxy) is 3. The minimum Gasteiger partial charge on any atom is -0.490 e. The van der Waals surface area contributed by atoms with Gasteiger partial charge in [0.1, 0.15) is 6.61 Å². The van der Waals surface area contributed by atoms with Crippen LogP contribution in [-0.2, 0) is 16.1 Å². The number of hydrogen-bond donors (Lipinski definition) is 2. The van der Waals surface area contributed by atoms with Crippen LogP contribution in [0.3, 0.4) is 0 Å². The van der Waals surface area contributed by atoms with E-state index in [-0.39, 0.29) is 12.5 Å². The van der Waals surface area contributed by atoms with Crippen LogP contribution in [0.4, 0.5) is 0 Å². The van der Waals surface area contributed by atoms with Crippen LogP contribution in [0.25, 0.3) is 0 Å². The summed E-state index contributed by atoms with van der Waals surface area (Å²) in [5, 5.41) is 0. The Morgan fingerprint density at radius 3 is 2.89 bits per heavy atom. The summed E-state index contributed by atoms with van der Waals surface area (Å²) in [5.41, 5.74) is 2.92. The highest BCUT2D eigenvalue weighted by Gasteiger charge is 2.10. The molecule has 1 aliphatic rings. The molecule has 3 N–H and O–H groups in total. The van der Waals surface area contributed by atoms with Gasteiger partial charge >= 0.3 is 0 Å². The number of carbonyl (C=O) groups is 1. The second-order valence-electron chi connectivity index (χ2n) is 3.89. The van der Waals surface area contributed by atoms with Crippen molar-refractivity contribution in [3.63, 3.8) is 0 Å². The highest BCUT2D eigenvalue weighted by molar-refractivity contribution is 5.76. The Bertz CT molecular complexity index is 423. The number of fused-ring (bicyclic) bond motifs is 1. The molecule has 1 heterocycles. The summed E-state index contributed by atoms with van der Waals surface area (Å²) in [6.45, 7) is 1.57. The molecule has 0 saturated heterocycles. The van der Waals surface area contributed by atoms with Gasteiger partial charge in [0.15, 0.2) is 11.5 Å². The molecule has 0 aromatic heterocycles. The van der Waals surface area contributed by atoms with Gasteiger partial charge in [-0.1, -0.05) is 6.07 Å². The molecule has 0 bridgehead atoms. The molecule has 18 heavy (non-hydrogen) atoms. The first kappa shape index (κ1) is 12.7. The standard InChI is InChI=1S/C12H16N2O4/c13-14-12(15)8-16-7-9-2-3-10-11(6-9)18-5-1-4-17-10/h2-3,6H,1,4-5,7-8,13H2,(H,14,15). The van der Waals surface area contributed by atoms with Gasteiger partial charge in [-0.2, -0.15) is 0 Å². The summed E-state index contributed by atoms with van der Waals surface area (Å²) >= 11 is 0. The zero-order chi connectivity index (χ0) is 12.8. The zero-order valence-corrected chi connectivity index (χ0v) is 9.98. The molecule has 6 nitrogen and oxygen atoms in total. The van der Waals surface area contributed by atoms with Crippen molar-refractivity contribution in [1.29, 1.82) is 0 Å². The maximum Gasteiger partial charge on any atom is 0.259 e. The van der Waals surface area contributed by atoms with Gasteiger partial charge in [0.2, 0.25) is 0 Å². The van der Waals surface area contributed by atoms with E-state index < -0.39 is 0 Å². The monoisotopic (exact) mass is 252 g/mol. The summed E-state index contributed by atoms with van der Waals surface area (Å²) < 4.78 is 16.3. The third-order valence-corrected chi connectivity index (χ3v) is 2.47. The van der Waals surface area contributed by atoms with Gasteiger partial charge in [-0.15, -0.1) is 0 Å². The first-order valence-electron chi connectivity index (χ1n) is 5.75. The molecule has 0 spiro atoms. The van der Waals surface area contributed by atoms with E-state index in [2.05, 4.69) is 0 Å². The number of carbonyl (C=O) groups excluding carboxylic acids is 1. The molecular formula is C12H16N2O4. The fourth-order valence-corrected chi connectivity index (χ4v) is 1.60. The highest BCUT2D eigenvalue weighted by atomic mass is 16.5. The minimum atomic E-state index is -0.357. The third kappa shape index (κ3) is 3.35. The van der Waals surface area contributed by atoms with Crippen molar-refractivity contribution in [1.82, 2.24) is 5.43 Å². The van der Waals surface area contributed by atoms with Crippen molar-refractivity contribution >= 4 is 5.91 Å². The lowest BCUT2D eigenvalue weighted by Crippen LogP contribution is -2.33. The van der Waals surface area contributed by atoms with Crippen LogP contribution < -0.4 is 20.7 Å². The Kier molecular flexibility index (Phi) is 4.38. The van der Waals surface area contributed by atoms with Crippen molar-refractivity contribution < 1.29 is 19.0 Å². The van der Waals surface area contributed by atoms with Crippen LogP contribution in [0.5, 0.6) is 11.5 Å². The molecule has 0 fully saturated rings. The van der Waals surface area contributed by atoms with E-state index in [4.69, 9.17) is 20.1 Å². The first-order chi connectivity index (χ1) is 8.79. The Morgan fingerprint density at radius 1 is 1.33 bits per heavy atom. The van der Waals surface area contributed by atoms with Gasteiger partial charge in [-0.25, -0.2) is 5.84 Å². The largest absolute Gasteiger partial charge is 0.490 e. The molecule has 1 aliphatic heterocycles. The quantitative estimate of drug-likeness (QED) is 0.459. The Balaban J connectivity index is 1.93. The lowest BCUT2D eigenvalue weighted by molar-refractivity contribution is -0.126. The summed E-state index contributed by atoms with van der Waals surface area (Å²) in [6, 6.07) is 5.59. The van der Waals surface area contributed by atoms with Crippen molar-refractivity contribution in [2.45, 2.75) is 13.0 Å². The number of rotatable bonds is 4. The van der Waals surface area contributed by atoms with E-state index in [0.717, 1.165) is 23.5 Å². The van der Waals surface area contributed by atoms with E-state index in [1.54, 1.807) is 0 Å². The van der Waals surface area contributed by atoms with Gasteiger partial charge < -0.3 is 14.2 Å². The lowest BCUT2D eigenvalue weighted by Gasteiger charge is -2.09. The lowest BCUT2D eigenvalue weighted by atomic mass is 10.2. The number of hydrazine groups is 1. The first-order valence-corrected chi connectivity index (χ1v) is 5.75. The average molecular weight is 252 g/mol. The molecule has 6 heteroatoms. The van der Waals surface area contributed by atoms with Gasteiger partial charge in [-0.05, 0) is 17.7 Å². The number of hydrogen-bond acceptors (Lipinski definition) is 5.